The fourth-order valence-corrected chi connectivity index (χ4v) is 4.59. The number of nitrogens with one attached hydrogen (secondary N) is 2. The molecular formula is C27H32N6OS. The molecule has 2 heterocycles. The van der Waals surface area contributed by atoms with Gasteiger partial charge in [0.15, 0.2) is 10.8 Å². The molecule has 0 saturated heterocycles. The van der Waals surface area contributed by atoms with Gasteiger partial charge in [0, 0.05) is 25.4 Å². The summed E-state index contributed by atoms with van der Waals surface area (Å²) in [5, 5.41) is 12.6. The third-order valence-corrected chi connectivity index (χ3v) is 6.46. The predicted molar refractivity (Wildman–Crippen MR) is 143 cm³/mol. The summed E-state index contributed by atoms with van der Waals surface area (Å²) in [6, 6.07) is 20.4. The van der Waals surface area contributed by atoms with Crippen LogP contribution in [-0.4, -0.2) is 44.5 Å². The van der Waals surface area contributed by atoms with Gasteiger partial charge >= 0.3 is 0 Å². The first kappa shape index (κ1) is 24.7. The number of aromatic nitrogens is 4. The molecular weight excluding hydrogens is 456 g/mol. The molecule has 0 fully saturated rings. The number of carbonyl (C=O) groups excluding carboxylic acids is 1. The average molecular weight is 489 g/mol. The number of nitrogens with zero attached hydrogens (tertiary/aromatic N) is 4. The van der Waals surface area contributed by atoms with E-state index in [2.05, 4.69) is 58.8 Å². The molecule has 4 aromatic rings. The van der Waals surface area contributed by atoms with Gasteiger partial charge in [-0.15, -0.1) is 0 Å². The third kappa shape index (κ3) is 6.39. The summed E-state index contributed by atoms with van der Waals surface area (Å²) in [4.78, 5) is 22.3. The molecule has 0 saturated carbocycles. The zero-order valence-electron chi connectivity index (χ0n) is 20.3. The van der Waals surface area contributed by atoms with Crippen LogP contribution in [0.25, 0.3) is 11.0 Å². The molecule has 7 nitrogen and oxygen atoms in total. The predicted octanol–water partition coefficient (Wildman–Crippen LogP) is 5.10. The monoisotopic (exact) mass is 488 g/mol. The van der Waals surface area contributed by atoms with E-state index in [4.69, 9.17) is 4.98 Å². The molecule has 35 heavy (non-hydrogen) atoms. The second-order valence-electron chi connectivity index (χ2n) is 8.25. The molecule has 0 bridgehead atoms. The van der Waals surface area contributed by atoms with Crippen molar-refractivity contribution in [1.82, 2.24) is 25.1 Å². The zero-order valence-corrected chi connectivity index (χ0v) is 21.1. The summed E-state index contributed by atoms with van der Waals surface area (Å²) in [7, 11) is 0. The lowest BCUT2D eigenvalue weighted by Gasteiger charge is -2.18. The van der Waals surface area contributed by atoms with Gasteiger partial charge in [0.05, 0.1) is 18.1 Å². The van der Waals surface area contributed by atoms with E-state index in [1.807, 2.05) is 41.1 Å². The van der Waals surface area contributed by atoms with Crippen molar-refractivity contribution in [2.24, 2.45) is 0 Å². The summed E-state index contributed by atoms with van der Waals surface area (Å²) in [6.45, 7) is 6.07. The number of hydrogen-bond acceptors (Lipinski definition) is 6. The van der Waals surface area contributed by atoms with E-state index in [-0.39, 0.29) is 11.8 Å². The maximum absolute atomic E-state index is 12.9. The highest BCUT2D eigenvalue weighted by atomic mass is 32.2. The topological polar surface area (TPSA) is 84.7 Å². The minimum atomic E-state index is 0.0106. The van der Waals surface area contributed by atoms with Crippen molar-refractivity contribution in [2.45, 2.75) is 44.3 Å². The molecule has 0 aliphatic rings. The molecule has 4 rings (SSSR count). The number of benzene rings is 2. The van der Waals surface area contributed by atoms with Crippen LogP contribution in [0.3, 0.4) is 0 Å². The molecule has 182 valence electrons. The normalized spacial score (nSPS) is 11.2. The van der Waals surface area contributed by atoms with Gasteiger partial charge in [0.1, 0.15) is 5.82 Å². The lowest BCUT2D eigenvalue weighted by molar-refractivity contribution is -0.121. The highest BCUT2D eigenvalue weighted by Crippen LogP contribution is 2.28. The van der Waals surface area contributed by atoms with Crippen molar-refractivity contribution in [1.29, 1.82) is 0 Å². The van der Waals surface area contributed by atoms with Crippen molar-refractivity contribution in [2.75, 3.05) is 24.2 Å². The number of thioether (sulfide) groups is 1. The first-order valence-corrected chi connectivity index (χ1v) is 13.1. The SMILES string of the molecule is CCCNc1nc(SCC)nc2c1cnn2CCNC(=O)CC(c1ccccc1)c1ccccc1. The van der Waals surface area contributed by atoms with E-state index < -0.39 is 0 Å². The van der Waals surface area contributed by atoms with Crippen LogP contribution in [0.15, 0.2) is 72.0 Å². The summed E-state index contributed by atoms with van der Waals surface area (Å²) in [6.07, 6.45) is 3.20. The molecule has 8 heteroatoms. The Morgan fingerprint density at radius 2 is 1.66 bits per heavy atom. The Morgan fingerprint density at radius 1 is 0.971 bits per heavy atom. The van der Waals surface area contributed by atoms with E-state index in [1.165, 1.54) is 0 Å². The van der Waals surface area contributed by atoms with E-state index in [0.29, 0.717) is 19.5 Å². The molecule has 0 aliphatic carbocycles. The van der Waals surface area contributed by atoms with Crippen LogP contribution in [0.1, 0.15) is 43.7 Å². The number of fused-ring (bicyclic) bond motifs is 1. The second-order valence-corrected chi connectivity index (χ2v) is 9.48. The molecule has 0 atom stereocenters. The molecule has 1 amide bonds. The van der Waals surface area contributed by atoms with Crippen LogP contribution < -0.4 is 10.6 Å². The number of carbonyl (C=O) groups is 1. The number of anilines is 1. The largest absolute Gasteiger partial charge is 0.369 e. The standard InChI is InChI=1S/C27H32N6OS/c1-3-15-29-25-23-19-30-33(26(23)32-27(31-25)35-4-2)17-16-28-24(34)18-22(20-11-7-5-8-12-20)21-13-9-6-10-14-21/h5-14,19,22H,3-4,15-18H2,1-2H3,(H,28,34)(H,29,31,32). The fourth-order valence-electron chi connectivity index (χ4n) is 4.03. The van der Waals surface area contributed by atoms with Crippen LogP contribution in [-0.2, 0) is 11.3 Å². The molecule has 0 radical (unpaired) electrons. The van der Waals surface area contributed by atoms with Crippen LogP contribution >= 0.6 is 11.8 Å². The average Bonchev–Trinajstić information content (AvgIpc) is 3.30. The van der Waals surface area contributed by atoms with E-state index in [1.54, 1.807) is 18.0 Å². The summed E-state index contributed by atoms with van der Waals surface area (Å²) < 4.78 is 1.85. The molecule has 0 unspecified atom stereocenters. The van der Waals surface area contributed by atoms with Crippen molar-refractivity contribution >= 4 is 34.5 Å². The van der Waals surface area contributed by atoms with Gasteiger partial charge in [-0.05, 0) is 23.3 Å². The van der Waals surface area contributed by atoms with Gasteiger partial charge in [0.25, 0.3) is 0 Å². The lowest BCUT2D eigenvalue weighted by Crippen LogP contribution is -2.29. The third-order valence-electron chi connectivity index (χ3n) is 5.73. The lowest BCUT2D eigenvalue weighted by atomic mass is 9.88. The number of hydrogen-bond donors (Lipinski definition) is 2. The van der Waals surface area contributed by atoms with E-state index >= 15 is 0 Å². The first-order chi connectivity index (χ1) is 17.2. The van der Waals surface area contributed by atoms with Crippen LogP contribution in [0.4, 0.5) is 5.82 Å². The maximum Gasteiger partial charge on any atom is 0.221 e. The Hall–Kier alpha value is -3.39. The summed E-state index contributed by atoms with van der Waals surface area (Å²) in [5.74, 6) is 1.74. The Kier molecular flexibility index (Phi) is 8.73. The van der Waals surface area contributed by atoms with Gasteiger partial charge in [-0.2, -0.15) is 5.10 Å². The highest BCUT2D eigenvalue weighted by Gasteiger charge is 2.18. The first-order valence-electron chi connectivity index (χ1n) is 12.2. The minimum absolute atomic E-state index is 0.0106. The molecule has 2 aromatic carbocycles. The van der Waals surface area contributed by atoms with Gasteiger partial charge in [-0.1, -0.05) is 86.3 Å². The second kappa shape index (κ2) is 12.4. The minimum Gasteiger partial charge on any atom is -0.369 e. The van der Waals surface area contributed by atoms with Crippen LogP contribution in [0.2, 0.25) is 0 Å². The van der Waals surface area contributed by atoms with E-state index in [0.717, 1.165) is 51.9 Å². The molecule has 0 spiro atoms. The Labute approximate surface area is 210 Å². The van der Waals surface area contributed by atoms with Crippen LogP contribution in [0, 0.1) is 0 Å². The number of rotatable bonds is 12. The van der Waals surface area contributed by atoms with Gasteiger partial charge < -0.3 is 10.6 Å². The van der Waals surface area contributed by atoms with Crippen LogP contribution in [0.5, 0.6) is 0 Å². The molecule has 2 N–H and O–H groups in total. The van der Waals surface area contributed by atoms with Gasteiger partial charge in [-0.25, -0.2) is 14.6 Å². The highest BCUT2D eigenvalue weighted by molar-refractivity contribution is 7.99. The van der Waals surface area contributed by atoms with Crippen molar-refractivity contribution in [3.63, 3.8) is 0 Å². The quantitative estimate of drug-likeness (QED) is 0.213. The van der Waals surface area contributed by atoms with Crippen molar-refractivity contribution in [3.8, 4) is 0 Å². The summed E-state index contributed by atoms with van der Waals surface area (Å²) >= 11 is 1.61. The van der Waals surface area contributed by atoms with Gasteiger partial charge in [0.2, 0.25) is 5.91 Å². The zero-order chi connectivity index (χ0) is 24.5. The number of amides is 1. The fraction of sp³-hybridized carbons (Fsp3) is 0.333. The van der Waals surface area contributed by atoms with Gasteiger partial charge in [-0.3, -0.25) is 4.79 Å². The Bertz CT molecular complexity index is 1190. The smallest absolute Gasteiger partial charge is 0.221 e. The molecule has 0 aliphatic heterocycles. The Balaban J connectivity index is 1.44. The Morgan fingerprint density at radius 3 is 2.29 bits per heavy atom. The maximum atomic E-state index is 12.9. The summed E-state index contributed by atoms with van der Waals surface area (Å²) in [5.41, 5.74) is 3.06. The molecule has 2 aromatic heterocycles. The van der Waals surface area contributed by atoms with Crippen molar-refractivity contribution < 1.29 is 4.79 Å². The van der Waals surface area contributed by atoms with E-state index in [9.17, 15) is 4.79 Å². The van der Waals surface area contributed by atoms with Crippen molar-refractivity contribution in [3.05, 3.63) is 78.0 Å².